The van der Waals surface area contributed by atoms with Gasteiger partial charge in [-0.2, -0.15) is 0 Å². The summed E-state index contributed by atoms with van der Waals surface area (Å²) in [5.41, 5.74) is 2.18. The van der Waals surface area contributed by atoms with Crippen molar-refractivity contribution in [2.45, 2.75) is 25.3 Å². The van der Waals surface area contributed by atoms with Gasteiger partial charge in [0.15, 0.2) is 0 Å². The molecule has 1 aromatic rings. The van der Waals surface area contributed by atoms with Crippen molar-refractivity contribution in [1.29, 1.82) is 0 Å². The smallest absolute Gasteiger partial charge is 0.306 e. The van der Waals surface area contributed by atoms with Crippen molar-refractivity contribution in [2.24, 2.45) is 5.84 Å². The van der Waals surface area contributed by atoms with Crippen LogP contribution in [-0.2, 0) is 0 Å². The van der Waals surface area contributed by atoms with Crippen LogP contribution in [0, 0.1) is 10.1 Å². The first-order valence-corrected chi connectivity index (χ1v) is 6.07. The molecular weight excluding hydrogens is 248 g/mol. The summed E-state index contributed by atoms with van der Waals surface area (Å²) in [5, 5.41) is 11.1. The van der Waals surface area contributed by atoms with E-state index in [4.69, 9.17) is 5.84 Å². The van der Waals surface area contributed by atoms with Gasteiger partial charge in [-0.25, -0.2) is 0 Å². The van der Waals surface area contributed by atoms with E-state index in [1.165, 1.54) is 12.1 Å². The largest absolute Gasteiger partial charge is 0.339 e. The zero-order valence-electron chi connectivity index (χ0n) is 10.6. The van der Waals surface area contributed by atoms with Gasteiger partial charge < -0.3 is 10.3 Å². The average molecular weight is 264 g/mol. The third-order valence-corrected chi connectivity index (χ3v) is 3.55. The second-order valence-corrected chi connectivity index (χ2v) is 4.60. The molecule has 0 aliphatic heterocycles. The number of nitro benzene ring substituents is 1. The minimum Gasteiger partial charge on any atom is -0.339 e. The number of nitro groups is 1. The van der Waals surface area contributed by atoms with Crippen molar-refractivity contribution in [3.05, 3.63) is 33.9 Å². The number of amides is 1. The molecule has 0 unspecified atom stereocenters. The van der Waals surface area contributed by atoms with Crippen LogP contribution in [0.1, 0.15) is 29.6 Å². The minimum absolute atomic E-state index is 0.0647. The molecule has 1 saturated carbocycles. The van der Waals surface area contributed by atoms with Crippen molar-refractivity contribution >= 4 is 17.3 Å². The van der Waals surface area contributed by atoms with E-state index in [0.717, 1.165) is 19.3 Å². The van der Waals surface area contributed by atoms with Crippen molar-refractivity contribution in [1.82, 2.24) is 4.90 Å². The number of nitrogen functional groups attached to an aromatic ring is 1. The van der Waals surface area contributed by atoms with Gasteiger partial charge in [0.1, 0.15) is 11.3 Å². The fourth-order valence-electron chi connectivity index (χ4n) is 2.16. The summed E-state index contributed by atoms with van der Waals surface area (Å²) in [4.78, 5) is 24.4. The standard InChI is InChI=1S/C12H16N4O3/c1-15(8-4-2-5-8)12(17)9-6-3-7-10(14-13)11(9)16(18)19/h3,6-8,14H,2,4-5,13H2,1H3. The van der Waals surface area contributed by atoms with E-state index in [0.29, 0.717) is 0 Å². The second-order valence-electron chi connectivity index (χ2n) is 4.60. The number of carbonyl (C=O) groups is 1. The van der Waals surface area contributed by atoms with Gasteiger partial charge in [-0.1, -0.05) is 6.07 Å². The SMILES string of the molecule is CN(C(=O)c1cccc(NN)c1[N+](=O)[O-])C1CCC1. The summed E-state index contributed by atoms with van der Waals surface area (Å²) in [7, 11) is 1.68. The Morgan fingerprint density at radius 3 is 2.68 bits per heavy atom. The van der Waals surface area contributed by atoms with Gasteiger partial charge >= 0.3 is 5.69 Å². The van der Waals surface area contributed by atoms with Crippen LogP contribution in [0.2, 0.25) is 0 Å². The van der Waals surface area contributed by atoms with Crippen LogP contribution in [0.3, 0.4) is 0 Å². The fraction of sp³-hybridized carbons (Fsp3) is 0.417. The normalized spacial score (nSPS) is 14.6. The quantitative estimate of drug-likeness (QED) is 0.487. The van der Waals surface area contributed by atoms with E-state index in [-0.39, 0.29) is 28.9 Å². The summed E-state index contributed by atoms with van der Waals surface area (Å²) in [6.07, 6.45) is 2.99. The van der Waals surface area contributed by atoms with E-state index >= 15 is 0 Å². The molecule has 2 rings (SSSR count). The molecule has 1 aliphatic rings. The lowest BCUT2D eigenvalue weighted by Gasteiger charge is -2.34. The molecule has 19 heavy (non-hydrogen) atoms. The number of hydrogen-bond donors (Lipinski definition) is 2. The van der Waals surface area contributed by atoms with Crippen molar-refractivity contribution < 1.29 is 9.72 Å². The monoisotopic (exact) mass is 264 g/mol. The molecule has 0 heterocycles. The van der Waals surface area contributed by atoms with Crippen molar-refractivity contribution in [3.8, 4) is 0 Å². The summed E-state index contributed by atoms with van der Waals surface area (Å²) >= 11 is 0. The fourth-order valence-corrected chi connectivity index (χ4v) is 2.16. The number of carbonyl (C=O) groups excluding carboxylic acids is 1. The van der Waals surface area contributed by atoms with Crippen LogP contribution < -0.4 is 11.3 Å². The molecule has 0 saturated heterocycles. The van der Waals surface area contributed by atoms with Crippen molar-refractivity contribution in [3.63, 3.8) is 0 Å². The molecule has 1 fully saturated rings. The van der Waals surface area contributed by atoms with Crippen LogP contribution in [0.5, 0.6) is 0 Å². The molecule has 1 aliphatic carbocycles. The number of nitrogens with one attached hydrogen (secondary N) is 1. The Labute approximate surface area is 110 Å². The van der Waals surface area contributed by atoms with Crippen LogP contribution in [0.4, 0.5) is 11.4 Å². The average Bonchev–Trinajstić information content (AvgIpc) is 2.34. The zero-order valence-corrected chi connectivity index (χ0v) is 10.6. The molecule has 0 aromatic heterocycles. The lowest BCUT2D eigenvalue weighted by atomic mass is 9.91. The molecule has 0 radical (unpaired) electrons. The molecule has 0 atom stereocenters. The molecule has 7 nitrogen and oxygen atoms in total. The maximum absolute atomic E-state index is 12.3. The van der Waals surface area contributed by atoms with E-state index in [2.05, 4.69) is 5.43 Å². The molecule has 3 N–H and O–H groups in total. The second kappa shape index (κ2) is 5.23. The molecule has 7 heteroatoms. The number of nitrogens with zero attached hydrogens (tertiary/aromatic N) is 2. The van der Waals surface area contributed by atoms with Gasteiger partial charge in [-0.15, -0.1) is 0 Å². The van der Waals surface area contributed by atoms with Crippen molar-refractivity contribution in [2.75, 3.05) is 12.5 Å². The number of nitrogens with two attached hydrogens (primary N) is 1. The molecule has 0 bridgehead atoms. The van der Waals surface area contributed by atoms with Gasteiger partial charge in [0.2, 0.25) is 0 Å². The van der Waals surface area contributed by atoms with Crippen LogP contribution in [0.25, 0.3) is 0 Å². The number of anilines is 1. The topological polar surface area (TPSA) is 102 Å². The molecular formula is C12H16N4O3. The van der Waals surface area contributed by atoms with Crippen LogP contribution in [0.15, 0.2) is 18.2 Å². The summed E-state index contributed by atoms with van der Waals surface area (Å²) in [5.74, 6) is 4.91. The zero-order chi connectivity index (χ0) is 14.0. The Balaban J connectivity index is 2.37. The Morgan fingerprint density at radius 2 is 2.21 bits per heavy atom. The van der Waals surface area contributed by atoms with E-state index in [1.807, 2.05) is 0 Å². The highest BCUT2D eigenvalue weighted by molar-refractivity contribution is 6.00. The van der Waals surface area contributed by atoms with E-state index in [1.54, 1.807) is 18.0 Å². The number of para-hydroxylation sites is 1. The lowest BCUT2D eigenvalue weighted by Crippen LogP contribution is -2.41. The maximum atomic E-state index is 12.3. The third-order valence-electron chi connectivity index (χ3n) is 3.55. The lowest BCUT2D eigenvalue weighted by molar-refractivity contribution is -0.384. The van der Waals surface area contributed by atoms with Gasteiger partial charge in [0.05, 0.1) is 4.92 Å². The Morgan fingerprint density at radius 1 is 1.53 bits per heavy atom. The van der Waals surface area contributed by atoms with Gasteiger partial charge in [0.25, 0.3) is 5.91 Å². The Hall–Kier alpha value is -2.15. The van der Waals surface area contributed by atoms with Gasteiger partial charge in [-0.05, 0) is 31.4 Å². The van der Waals surface area contributed by atoms with Gasteiger partial charge in [0, 0.05) is 13.1 Å². The van der Waals surface area contributed by atoms with Crippen LogP contribution >= 0.6 is 0 Å². The van der Waals surface area contributed by atoms with E-state index in [9.17, 15) is 14.9 Å². The summed E-state index contributed by atoms with van der Waals surface area (Å²) < 4.78 is 0. The van der Waals surface area contributed by atoms with Gasteiger partial charge in [-0.3, -0.25) is 20.8 Å². The van der Waals surface area contributed by atoms with E-state index < -0.39 is 4.92 Å². The minimum atomic E-state index is -0.586. The first kappa shape index (κ1) is 13.3. The molecule has 1 amide bonds. The highest BCUT2D eigenvalue weighted by atomic mass is 16.6. The first-order chi connectivity index (χ1) is 9.06. The highest BCUT2D eigenvalue weighted by Crippen LogP contribution is 2.31. The Bertz CT molecular complexity index is 514. The predicted octanol–water partition coefficient (Wildman–Crippen LogP) is 1.50. The molecule has 102 valence electrons. The Kier molecular flexibility index (Phi) is 3.66. The first-order valence-electron chi connectivity index (χ1n) is 6.07. The number of hydrogen-bond acceptors (Lipinski definition) is 5. The third kappa shape index (κ3) is 2.37. The summed E-state index contributed by atoms with van der Waals surface area (Å²) in [6, 6.07) is 4.68. The number of benzene rings is 1. The summed E-state index contributed by atoms with van der Waals surface area (Å²) in [6.45, 7) is 0. The predicted molar refractivity (Wildman–Crippen MR) is 70.6 cm³/mol. The highest BCUT2D eigenvalue weighted by Gasteiger charge is 2.31. The number of rotatable bonds is 4. The molecule has 0 spiro atoms. The maximum Gasteiger partial charge on any atom is 0.306 e. The number of hydrazine groups is 1. The molecule has 1 aromatic carbocycles. The van der Waals surface area contributed by atoms with Crippen LogP contribution in [-0.4, -0.2) is 28.8 Å².